The molecule has 5 nitrogen and oxygen atoms in total. The molecule has 7 heteroatoms. The van der Waals surface area contributed by atoms with Gasteiger partial charge >= 0.3 is 5.97 Å². The Morgan fingerprint density at radius 2 is 2.22 bits per heavy atom. The standard InChI is InChI=1S/C11H7BrFNO4/c1-17-5-2-6(10(13)7(12)3-5)8-4-9(11(15)16)18-14-8/h2-4H,1H3,(H,15,16). The molecule has 1 aromatic heterocycles. The number of benzene rings is 1. The molecule has 94 valence electrons. The minimum Gasteiger partial charge on any atom is -0.497 e. The predicted octanol–water partition coefficient (Wildman–Crippen LogP) is 2.95. The maximum absolute atomic E-state index is 13.9. The van der Waals surface area contributed by atoms with Gasteiger partial charge in [0.15, 0.2) is 0 Å². The summed E-state index contributed by atoms with van der Waals surface area (Å²) in [6.07, 6.45) is 0. The highest BCUT2D eigenvalue weighted by atomic mass is 79.9. The molecule has 1 heterocycles. The fourth-order valence-electron chi connectivity index (χ4n) is 1.37. The minimum absolute atomic E-state index is 0.0875. The van der Waals surface area contributed by atoms with Crippen molar-refractivity contribution in [1.82, 2.24) is 5.16 Å². The molecule has 0 spiro atoms. The van der Waals surface area contributed by atoms with Gasteiger partial charge in [0.05, 0.1) is 11.6 Å². The molecule has 0 amide bonds. The molecule has 0 fully saturated rings. The van der Waals surface area contributed by atoms with E-state index in [0.29, 0.717) is 5.75 Å². The van der Waals surface area contributed by atoms with Gasteiger partial charge in [-0.2, -0.15) is 0 Å². The highest BCUT2D eigenvalue weighted by Crippen LogP contribution is 2.32. The van der Waals surface area contributed by atoms with Crippen LogP contribution >= 0.6 is 15.9 Å². The van der Waals surface area contributed by atoms with E-state index in [9.17, 15) is 9.18 Å². The molecule has 0 aliphatic heterocycles. The molecule has 0 unspecified atom stereocenters. The number of carboxylic acid groups (broad SMARTS) is 1. The Balaban J connectivity index is 2.55. The number of rotatable bonds is 3. The van der Waals surface area contributed by atoms with Crippen molar-refractivity contribution in [3.05, 3.63) is 34.2 Å². The van der Waals surface area contributed by atoms with Crippen molar-refractivity contribution < 1.29 is 23.6 Å². The quantitative estimate of drug-likeness (QED) is 0.942. The maximum Gasteiger partial charge on any atom is 0.374 e. The molecule has 0 saturated heterocycles. The summed E-state index contributed by atoms with van der Waals surface area (Å²) in [5, 5.41) is 12.2. The van der Waals surface area contributed by atoms with Crippen LogP contribution in [0.15, 0.2) is 27.2 Å². The normalized spacial score (nSPS) is 10.4. The van der Waals surface area contributed by atoms with Gasteiger partial charge in [-0.3, -0.25) is 0 Å². The molecule has 0 atom stereocenters. The van der Waals surface area contributed by atoms with E-state index in [1.165, 1.54) is 19.2 Å². The van der Waals surface area contributed by atoms with Crippen LogP contribution < -0.4 is 4.74 Å². The van der Waals surface area contributed by atoms with Gasteiger partial charge in [0.2, 0.25) is 5.76 Å². The highest BCUT2D eigenvalue weighted by molar-refractivity contribution is 9.10. The van der Waals surface area contributed by atoms with Crippen molar-refractivity contribution in [2.24, 2.45) is 0 Å². The van der Waals surface area contributed by atoms with Crippen LogP contribution in [0.4, 0.5) is 4.39 Å². The van der Waals surface area contributed by atoms with Crippen molar-refractivity contribution in [3.8, 4) is 17.0 Å². The summed E-state index contributed by atoms with van der Waals surface area (Å²) in [5.41, 5.74) is 0.182. The molecule has 0 aliphatic rings. The van der Waals surface area contributed by atoms with Gasteiger partial charge in [-0.15, -0.1) is 0 Å². The number of aromatic nitrogens is 1. The third kappa shape index (κ3) is 2.21. The number of carbonyl (C=O) groups is 1. The lowest BCUT2D eigenvalue weighted by atomic mass is 10.1. The third-order valence-electron chi connectivity index (χ3n) is 2.23. The van der Waals surface area contributed by atoms with Crippen molar-refractivity contribution in [2.45, 2.75) is 0 Å². The van der Waals surface area contributed by atoms with Crippen molar-refractivity contribution in [3.63, 3.8) is 0 Å². The van der Waals surface area contributed by atoms with Crippen LogP contribution in [0.1, 0.15) is 10.6 Å². The number of methoxy groups -OCH3 is 1. The molecular formula is C11H7BrFNO4. The van der Waals surface area contributed by atoms with Gasteiger partial charge in [-0.25, -0.2) is 9.18 Å². The van der Waals surface area contributed by atoms with E-state index < -0.39 is 11.8 Å². The number of ether oxygens (including phenoxy) is 1. The SMILES string of the molecule is COc1cc(Br)c(F)c(-c2cc(C(=O)O)on2)c1. The summed E-state index contributed by atoms with van der Waals surface area (Å²) in [7, 11) is 1.44. The van der Waals surface area contributed by atoms with Crippen molar-refractivity contribution >= 4 is 21.9 Å². The molecule has 0 saturated carbocycles. The lowest BCUT2D eigenvalue weighted by Gasteiger charge is -2.05. The topological polar surface area (TPSA) is 72.6 Å². The number of halogens is 2. The Hall–Kier alpha value is -1.89. The average Bonchev–Trinajstić information content (AvgIpc) is 2.82. The zero-order valence-electron chi connectivity index (χ0n) is 9.11. The zero-order valence-corrected chi connectivity index (χ0v) is 10.7. The fraction of sp³-hybridized carbons (Fsp3) is 0.0909. The summed E-state index contributed by atoms with van der Waals surface area (Å²) in [6.45, 7) is 0. The molecular weight excluding hydrogens is 309 g/mol. The number of aromatic carboxylic acids is 1. The van der Waals surface area contributed by atoms with Crippen LogP contribution in [0.2, 0.25) is 0 Å². The molecule has 2 rings (SSSR count). The van der Waals surface area contributed by atoms with Gasteiger partial charge in [0.1, 0.15) is 17.3 Å². The Labute approximate surface area is 109 Å². The fourth-order valence-corrected chi connectivity index (χ4v) is 1.81. The number of nitrogens with zero attached hydrogens (tertiary/aromatic N) is 1. The van der Waals surface area contributed by atoms with Crippen molar-refractivity contribution in [2.75, 3.05) is 7.11 Å². The van der Waals surface area contributed by atoms with E-state index in [0.717, 1.165) is 6.07 Å². The first-order valence-corrected chi connectivity index (χ1v) is 5.55. The summed E-state index contributed by atoms with van der Waals surface area (Å²) in [5.74, 6) is -1.78. The second kappa shape index (κ2) is 4.77. The van der Waals surface area contributed by atoms with Crippen LogP contribution in [0.3, 0.4) is 0 Å². The minimum atomic E-state index is -1.27. The average molecular weight is 316 g/mol. The summed E-state index contributed by atoms with van der Waals surface area (Å²) < 4.78 is 23.6. The van der Waals surface area contributed by atoms with Gasteiger partial charge < -0.3 is 14.4 Å². The van der Waals surface area contributed by atoms with Gasteiger partial charge in [0.25, 0.3) is 0 Å². The van der Waals surface area contributed by atoms with E-state index in [2.05, 4.69) is 25.6 Å². The van der Waals surface area contributed by atoms with Crippen LogP contribution in [-0.2, 0) is 0 Å². The van der Waals surface area contributed by atoms with Gasteiger partial charge in [-0.05, 0) is 28.1 Å². The Bertz CT molecular complexity index is 611. The van der Waals surface area contributed by atoms with Crippen molar-refractivity contribution in [1.29, 1.82) is 0 Å². The number of hydrogen-bond acceptors (Lipinski definition) is 4. The molecule has 1 N–H and O–H groups in total. The van der Waals surface area contributed by atoms with E-state index in [1.54, 1.807) is 0 Å². The summed E-state index contributed by atoms with van der Waals surface area (Å²) in [6, 6.07) is 4.01. The summed E-state index contributed by atoms with van der Waals surface area (Å²) in [4.78, 5) is 10.7. The van der Waals surface area contributed by atoms with Crippen LogP contribution in [0.5, 0.6) is 5.75 Å². The Morgan fingerprint density at radius 1 is 1.50 bits per heavy atom. The van der Waals surface area contributed by atoms with Crippen LogP contribution in [0, 0.1) is 5.82 Å². The van der Waals surface area contributed by atoms with Crippen LogP contribution in [-0.4, -0.2) is 23.3 Å². The highest BCUT2D eigenvalue weighted by Gasteiger charge is 2.17. The zero-order chi connectivity index (χ0) is 13.3. The van der Waals surface area contributed by atoms with Gasteiger partial charge in [0, 0.05) is 11.6 Å². The molecule has 0 radical (unpaired) electrons. The molecule has 0 aliphatic carbocycles. The molecule has 1 aromatic carbocycles. The summed E-state index contributed by atoms with van der Waals surface area (Å²) >= 11 is 3.04. The third-order valence-corrected chi connectivity index (χ3v) is 2.81. The molecule has 2 aromatic rings. The Morgan fingerprint density at radius 3 is 2.78 bits per heavy atom. The maximum atomic E-state index is 13.9. The second-order valence-electron chi connectivity index (χ2n) is 3.35. The van der Waals surface area contributed by atoms with E-state index in [-0.39, 0.29) is 21.5 Å². The first-order chi connectivity index (χ1) is 8.52. The lowest BCUT2D eigenvalue weighted by Crippen LogP contribution is -1.92. The molecule has 18 heavy (non-hydrogen) atoms. The predicted molar refractivity (Wildman–Crippen MR) is 63.1 cm³/mol. The largest absolute Gasteiger partial charge is 0.497 e. The molecule has 0 bridgehead atoms. The lowest BCUT2D eigenvalue weighted by molar-refractivity contribution is 0.0652. The van der Waals surface area contributed by atoms with E-state index in [1.807, 2.05) is 0 Å². The van der Waals surface area contributed by atoms with E-state index >= 15 is 0 Å². The smallest absolute Gasteiger partial charge is 0.374 e. The number of carboxylic acids is 1. The monoisotopic (exact) mass is 315 g/mol. The van der Waals surface area contributed by atoms with E-state index in [4.69, 9.17) is 9.84 Å². The van der Waals surface area contributed by atoms with Crippen LogP contribution in [0.25, 0.3) is 11.3 Å². The number of hydrogen-bond donors (Lipinski definition) is 1. The van der Waals surface area contributed by atoms with Gasteiger partial charge in [-0.1, -0.05) is 5.16 Å². The Kier molecular flexibility index (Phi) is 3.33. The second-order valence-corrected chi connectivity index (χ2v) is 4.21. The first kappa shape index (κ1) is 12.6. The first-order valence-electron chi connectivity index (χ1n) is 4.76.